The van der Waals surface area contributed by atoms with Gasteiger partial charge in [0.1, 0.15) is 42.7 Å². The van der Waals surface area contributed by atoms with Crippen LogP contribution in [0.1, 0.15) is 40.3 Å². The molecule has 0 bridgehead atoms. The van der Waals surface area contributed by atoms with Gasteiger partial charge in [0.2, 0.25) is 0 Å². The van der Waals surface area contributed by atoms with E-state index in [4.69, 9.17) is 51.2 Å². The third-order valence-corrected chi connectivity index (χ3v) is 13.1. The Balaban J connectivity index is 1.16. The molecule has 2 saturated heterocycles. The Kier molecular flexibility index (Phi) is 20.8. The van der Waals surface area contributed by atoms with Crippen LogP contribution in [0, 0.1) is 0 Å². The molecule has 0 aliphatic carbocycles. The number of hydrogen-bond acceptors (Lipinski definition) is 12. The SMILES string of the molecule is CC(=O)OC1[C@H](OC2[C@H]([O][Al][I])OC(COCc3ccccc3)[C@H](OCc3ccccc3)[C@@H]2OCc2ccccc2)OC(COCc2ccccc2)[C@H](OCc2ccccc2)[C@@H]1OCc1ccccc1. The van der Waals surface area contributed by atoms with Crippen molar-refractivity contribution < 1.29 is 56.0 Å². The maximum atomic E-state index is 13.3. The Hall–Kier alpha value is -4.35. The number of esters is 1. The van der Waals surface area contributed by atoms with Gasteiger partial charge in [0.15, 0.2) is 18.7 Å². The zero-order chi connectivity index (χ0) is 48.2. The summed E-state index contributed by atoms with van der Waals surface area (Å²) < 4.78 is 74.2. The van der Waals surface area contributed by atoms with Crippen LogP contribution in [0.3, 0.4) is 0 Å². The van der Waals surface area contributed by atoms with Crippen LogP contribution < -0.4 is 0 Å². The molecule has 0 N–H and O–H groups in total. The fourth-order valence-electron chi connectivity index (χ4n) is 8.49. The molecule has 2 heterocycles. The molecule has 2 aliphatic rings. The summed E-state index contributed by atoms with van der Waals surface area (Å²) >= 11 is 1.62. The maximum Gasteiger partial charge on any atom is 0.526 e. The largest absolute Gasteiger partial charge is 0.526 e. The summed E-state index contributed by atoms with van der Waals surface area (Å²) in [6.45, 7) is 3.14. The highest BCUT2D eigenvalue weighted by Crippen LogP contribution is 2.37. The van der Waals surface area contributed by atoms with Gasteiger partial charge < -0.3 is 51.2 Å². The molecule has 6 aromatic carbocycles. The quantitative estimate of drug-likeness (QED) is 0.0309. The first kappa shape index (κ1) is 52.0. The summed E-state index contributed by atoms with van der Waals surface area (Å²) in [7, 11) is 0. The number of benzene rings is 6. The van der Waals surface area contributed by atoms with Crippen LogP contribution in [0.5, 0.6) is 0 Å². The van der Waals surface area contributed by atoms with Crippen LogP contribution in [-0.4, -0.2) is 92.9 Å². The summed E-state index contributed by atoms with van der Waals surface area (Å²) in [5.41, 5.74) is 5.78. The van der Waals surface area contributed by atoms with Crippen LogP contribution in [0.25, 0.3) is 0 Å². The number of rotatable bonds is 25. The Bertz CT molecular complexity index is 2380. The van der Waals surface area contributed by atoms with Gasteiger partial charge in [0, 0.05) is 6.92 Å². The second-order valence-electron chi connectivity index (χ2n) is 17.0. The van der Waals surface area contributed by atoms with E-state index in [9.17, 15) is 4.79 Å². The van der Waals surface area contributed by atoms with Crippen molar-refractivity contribution in [1.29, 1.82) is 0 Å². The minimum absolute atomic E-state index is 0.0861. The van der Waals surface area contributed by atoms with Gasteiger partial charge in [-0.1, -0.05) is 182 Å². The van der Waals surface area contributed by atoms with Crippen LogP contribution in [-0.2, 0) is 95.6 Å². The van der Waals surface area contributed by atoms with E-state index in [-0.39, 0.29) is 39.6 Å². The summed E-state index contributed by atoms with van der Waals surface area (Å²) in [5, 5.41) is 0. The Morgan fingerprint density at radius 3 is 1.09 bits per heavy atom. The third-order valence-electron chi connectivity index (χ3n) is 11.9. The lowest BCUT2D eigenvalue weighted by Crippen LogP contribution is -2.66. The second kappa shape index (κ2) is 28.0. The molecular weight excluding hydrogens is 1020 g/mol. The second-order valence-corrected chi connectivity index (χ2v) is 19.0. The van der Waals surface area contributed by atoms with E-state index < -0.39 is 79.7 Å². The van der Waals surface area contributed by atoms with E-state index in [0.29, 0.717) is 13.2 Å². The summed E-state index contributed by atoms with van der Waals surface area (Å²) in [5.74, 6) is -0.558. The van der Waals surface area contributed by atoms with Gasteiger partial charge in [0.25, 0.3) is 0 Å². The molecule has 2 aliphatic heterocycles. The van der Waals surface area contributed by atoms with Crippen molar-refractivity contribution in [3.63, 3.8) is 0 Å². The van der Waals surface area contributed by atoms with Crippen LogP contribution in [0.15, 0.2) is 182 Å². The minimum Gasteiger partial charge on any atom is -0.474 e. The molecule has 0 spiro atoms. The number of halogens is 1. The van der Waals surface area contributed by atoms with Crippen molar-refractivity contribution in [2.45, 2.75) is 108 Å². The van der Waals surface area contributed by atoms with Gasteiger partial charge in [0.05, 0.1) is 52.9 Å². The minimum atomic E-state index is -1.26. The predicted octanol–water partition coefficient (Wildman–Crippen LogP) is 9.51. The average molecular weight is 1080 g/mol. The van der Waals surface area contributed by atoms with Gasteiger partial charge in [-0.25, -0.2) is 0 Å². The molecule has 70 heavy (non-hydrogen) atoms. The number of carbonyl (C=O) groups excluding carboxylic acids is 1. The third kappa shape index (κ3) is 15.6. The first-order valence-electron chi connectivity index (χ1n) is 23.6. The van der Waals surface area contributed by atoms with Gasteiger partial charge in [-0.2, -0.15) is 20.3 Å². The smallest absolute Gasteiger partial charge is 0.474 e. The molecule has 365 valence electrons. The standard InChI is InChI=1S/C56H59O12.Al.HI/c1-40(57)65-54-52(64-37-46-30-18-7-19-31-46)50(62-35-44-26-14-5-15-27-44)48(39-60-33-42-22-10-3-11-23-42)67-56(54)68-53-51(63-36-45-28-16-6-17-29-45)49(61-34-43-24-12-4-13-25-43)47(66-55(53)58)38-59-32-41-20-8-2-9-21-41;;/h2-31,47-56H,32-39H2,1H3;;1H/q-1;+2;/p-1/t47?,48?,49-,50-,51-,52-,53?,54?,55+,56-;;/m0../s1. The van der Waals surface area contributed by atoms with Gasteiger partial charge >= 0.3 is 18.2 Å². The lowest BCUT2D eigenvalue weighted by atomic mass is 9.96. The lowest BCUT2D eigenvalue weighted by Gasteiger charge is -2.50. The molecule has 0 amide bonds. The molecule has 12 nitrogen and oxygen atoms in total. The number of hydrogen-bond donors (Lipinski definition) is 0. The van der Waals surface area contributed by atoms with Crippen molar-refractivity contribution in [1.82, 2.24) is 0 Å². The van der Waals surface area contributed by atoms with Crippen molar-refractivity contribution in [2.75, 3.05) is 13.2 Å². The highest BCUT2D eigenvalue weighted by Gasteiger charge is 2.55. The van der Waals surface area contributed by atoms with Gasteiger partial charge in [-0.05, 0) is 33.4 Å². The highest BCUT2D eigenvalue weighted by molar-refractivity contribution is 14.1. The van der Waals surface area contributed by atoms with Crippen LogP contribution in [0.4, 0.5) is 0 Å². The summed E-state index contributed by atoms with van der Waals surface area (Å²) in [6.07, 6.45) is -9.13. The van der Waals surface area contributed by atoms with Gasteiger partial charge in [-0.3, -0.25) is 4.79 Å². The molecule has 6 aromatic rings. The monoisotopic (exact) mass is 1080 g/mol. The number of ether oxygens (including phenoxy) is 10. The molecule has 0 aromatic heterocycles. The van der Waals surface area contributed by atoms with E-state index >= 15 is 0 Å². The van der Waals surface area contributed by atoms with E-state index in [1.807, 2.05) is 182 Å². The summed E-state index contributed by atoms with van der Waals surface area (Å²) in [4.78, 5) is 13.3. The van der Waals surface area contributed by atoms with Gasteiger partial charge in [-0.15, -0.1) is 0 Å². The van der Waals surface area contributed by atoms with Crippen molar-refractivity contribution >= 4 is 38.5 Å². The zero-order valence-corrected chi connectivity index (χ0v) is 42.4. The fraction of sp³-hybridized carbons (Fsp3) is 0.339. The number of carbonyl (C=O) groups is 1. The van der Waals surface area contributed by atoms with E-state index in [1.54, 1.807) is 0 Å². The molecule has 1 radical (unpaired) electrons. The van der Waals surface area contributed by atoms with E-state index in [1.165, 1.54) is 6.92 Å². The molecule has 8 rings (SSSR count). The topological polar surface area (TPSA) is 119 Å². The van der Waals surface area contributed by atoms with Crippen molar-refractivity contribution in [3.05, 3.63) is 215 Å². The van der Waals surface area contributed by atoms with Crippen LogP contribution >= 0.6 is 20.3 Å². The zero-order valence-electron chi connectivity index (χ0n) is 39.1. The lowest BCUT2D eigenvalue weighted by molar-refractivity contribution is -0.371. The van der Waals surface area contributed by atoms with E-state index in [0.717, 1.165) is 33.4 Å². The Morgan fingerprint density at radius 2 is 0.743 bits per heavy atom. The molecule has 14 heteroatoms. The molecular formula is C56H59AlIO12. The molecule has 10 atom stereocenters. The predicted molar refractivity (Wildman–Crippen MR) is 271 cm³/mol. The molecule has 0 saturated carbocycles. The van der Waals surface area contributed by atoms with Crippen molar-refractivity contribution in [3.8, 4) is 0 Å². The normalized spacial score (nSPS) is 24.4. The molecule has 4 unspecified atom stereocenters. The Morgan fingerprint density at radius 1 is 0.429 bits per heavy atom. The van der Waals surface area contributed by atoms with E-state index in [2.05, 4.69) is 20.3 Å². The fourth-order valence-corrected chi connectivity index (χ4v) is 9.68. The molecule has 2 fully saturated rings. The highest BCUT2D eigenvalue weighted by atomic mass is 127. The summed E-state index contributed by atoms with van der Waals surface area (Å²) in [6, 6.07) is 59.4. The first-order chi connectivity index (χ1) is 34.5. The Labute approximate surface area is 428 Å². The first-order valence-corrected chi connectivity index (χ1v) is 28.2. The average Bonchev–Trinajstić information content (AvgIpc) is 3.40. The van der Waals surface area contributed by atoms with Crippen molar-refractivity contribution in [2.24, 2.45) is 0 Å². The maximum absolute atomic E-state index is 13.3. The van der Waals surface area contributed by atoms with Crippen LogP contribution in [0.2, 0.25) is 0 Å².